The van der Waals surface area contributed by atoms with Crippen molar-refractivity contribution in [3.63, 3.8) is 0 Å². The van der Waals surface area contributed by atoms with Gasteiger partial charge in [0, 0.05) is 16.3 Å². The lowest BCUT2D eigenvalue weighted by Crippen LogP contribution is -2.13. The molecule has 0 bridgehead atoms. The fourth-order valence-electron chi connectivity index (χ4n) is 1.61. The van der Waals surface area contributed by atoms with Crippen molar-refractivity contribution < 1.29 is 9.53 Å². The molecule has 2 aromatic rings. The van der Waals surface area contributed by atoms with Crippen LogP contribution in [-0.2, 0) is 10.5 Å². The second kappa shape index (κ2) is 7.22. The van der Waals surface area contributed by atoms with E-state index in [1.54, 1.807) is 12.1 Å². The van der Waals surface area contributed by atoms with E-state index in [1.807, 2.05) is 36.4 Å². The summed E-state index contributed by atoms with van der Waals surface area (Å²) in [4.78, 5) is 10.8. The van der Waals surface area contributed by atoms with E-state index >= 15 is 0 Å². The summed E-state index contributed by atoms with van der Waals surface area (Å²) in [6, 6.07) is 14.9. The van der Waals surface area contributed by atoms with Crippen LogP contribution in [0.15, 0.2) is 48.5 Å². The predicted molar refractivity (Wildman–Crippen MR) is 83.3 cm³/mol. The molecule has 20 heavy (non-hydrogen) atoms. The number of para-hydroxylation sites is 1. The van der Waals surface area contributed by atoms with Crippen LogP contribution in [-0.4, -0.2) is 11.7 Å². The number of ether oxygens (including phenoxy) is 1. The van der Waals surface area contributed by atoms with Gasteiger partial charge in [-0.05, 0) is 30.3 Å². The highest BCUT2D eigenvalue weighted by atomic mass is 35.5. The molecule has 3 nitrogen and oxygen atoms in total. The van der Waals surface area contributed by atoms with Gasteiger partial charge in [-0.1, -0.05) is 29.8 Å². The van der Waals surface area contributed by atoms with Gasteiger partial charge in [-0.2, -0.15) is 0 Å². The van der Waals surface area contributed by atoms with Crippen LogP contribution in [0.4, 0.5) is 0 Å². The highest BCUT2D eigenvalue weighted by Crippen LogP contribution is 2.28. The topological polar surface area (TPSA) is 52.3 Å². The van der Waals surface area contributed by atoms with E-state index in [-0.39, 0.29) is 5.91 Å². The summed E-state index contributed by atoms with van der Waals surface area (Å²) in [7, 11) is 0. The third-order valence-electron chi connectivity index (χ3n) is 2.52. The normalized spacial score (nSPS) is 10.2. The molecule has 0 aliphatic rings. The molecule has 0 saturated carbocycles. The first-order valence-electron chi connectivity index (χ1n) is 6.02. The first kappa shape index (κ1) is 14.8. The van der Waals surface area contributed by atoms with E-state index in [2.05, 4.69) is 0 Å². The Morgan fingerprint density at radius 1 is 1.15 bits per heavy atom. The summed E-state index contributed by atoms with van der Waals surface area (Å²) in [5.74, 6) is 2.15. The van der Waals surface area contributed by atoms with Crippen molar-refractivity contribution in [3.8, 4) is 11.5 Å². The van der Waals surface area contributed by atoms with Gasteiger partial charge in [-0.3, -0.25) is 4.79 Å². The Morgan fingerprint density at radius 2 is 1.85 bits per heavy atom. The third-order valence-corrected chi connectivity index (χ3v) is 3.77. The molecule has 0 radical (unpaired) electrons. The lowest BCUT2D eigenvalue weighted by Gasteiger charge is -2.10. The summed E-state index contributed by atoms with van der Waals surface area (Å²) in [5, 5.41) is 0.669. The first-order chi connectivity index (χ1) is 9.65. The van der Waals surface area contributed by atoms with Gasteiger partial charge in [-0.25, -0.2) is 0 Å². The largest absolute Gasteiger partial charge is 0.457 e. The van der Waals surface area contributed by atoms with Crippen LogP contribution in [0.25, 0.3) is 0 Å². The molecule has 0 spiro atoms. The number of carbonyl (C=O) groups excluding carboxylic acids is 1. The van der Waals surface area contributed by atoms with E-state index in [0.29, 0.717) is 16.5 Å². The number of carbonyl (C=O) groups is 1. The van der Waals surface area contributed by atoms with Crippen LogP contribution in [0.3, 0.4) is 0 Å². The van der Waals surface area contributed by atoms with Crippen LogP contribution in [0.2, 0.25) is 5.02 Å². The van der Waals surface area contributed by atoms with E-state index in [9.17, 15) is 4.79 Å². The molecule has 2 rings (SSSR count). The van der Waals surface area contributed by atoms with Crippen molar-refractivity contribution in [1.82, 2.24) is 0 Å². The molecule has 2 aromatic carbocycles. The monoisotopic (exact) mass is 307 g/mol. The Bertz CT molecular complexity index is 587. The number of hydrogen-bond acceptors (Lipinski definition) is 3. The van der Waals surface area contributed by atoms with Crippen LogP contribution in [0.1, 0.15) is 5.56 Å². The number of benzene rings is 2. The molecular formula is C15H14ClNO2S. The maximum absolute atomic E-state index is 10.8. The Labute approximate surface area is 127 Å². The maximum Gasteiger partial charge on any atom is 0.227 e. The van der Waals surface area contributed by atoms with Gasteiger partial charge in [-0.15, -0.1) is 11.8 Å². The molecule has 0 aliphatic heterocycles. The Hall–Kier alpha value is -1.65. The van der Waals surface area contributed by atoms with E-state index in [0.717, 1.165) is 17.1 Å². The van der Waals surface area contributed by atoms with E-state index in [1.165, 1.54) is 11.8 Å². The molecular weight excluding hydrogens is 294 g/mol. The van der Waals surface area contributed by atoms with Crippen molar-refractivity contribution in [2.75, 3.05) is 5.75 Å². The van der Waals surface area contributed by atoms with Gasteiger partial charge in [0.25, 0.3) is 0 Å². The zero-order valence-electron chi connectivity index (χ0n) is 10.7. The van der Waals surface area contributed by atoms with Crippen molar-refractivity contribution in [2.45, 2.75) is 5.75 Å². The van der Waals surface area contributed by atoms with Gasteiger partial charge in [0.1, 0.15) is 11.5 Å². The van der Waals surface area contributed by atoms with Gasteiger partial charge in [0.15, 0.2) is 0 Å². The molecule has 1 amide bonds. The van der Waals surface area contributed by atoms with Crippen LogP contribution in [0.5, 0.6) is 11.5 Å². The molecule has 0 fully saturated rings. The van der Waals surface area contributed by atoms with E-state index in [4.69, 9.17) is 22.1 Å². The van der Waals surface area contributed by atoms with Gasteiger partial charge < -0.3 is 10.5 Å². The minimum Gasteiger partial charge on any atom is -0.457 e. The van der Waals surface area contributed by atoms with Gasteiger partial charge >= 0.3 is 0 Å². The smallest absolute Gasteiger partial charge is 0.227 e. The molecule has 0 unspecified atom stereocenters. The number of rotatable bonds is 6. The molecule has 0 aliphatic carbocycles. The number of halogens is 1. The average molecular weight is 308 g/mol. The Balaban J connectivity index is 2.07. The number of primary amides is 1. The maximum atomic E-state index is 10.8. The Morgan fingerprint density at radius 3 is 2.55 bits per heavy atom. The molecule has 0 heterocycles. The fourth-order valence-corrected chi connectivity index (χ4v) is 2.50. The van der Waals surface area contributed by atoms with E-state index < -0.39 is 0 Å². The summed E-state index contributed by atoms with van der Waals surface area (Å²) < 4.78 is 5.83. The average Bonchev–Trinajstić information content (AvgIpc) is 2.43. The lowest BCUT2D eigenvalue weighted by molar-refractivity contribution is -0.115. The van der Waals surface area contributed by atoms with Crippen LogP contribution in [0, 0.1) is 0 Å². The lowest BCUT2D eigenvalue weighted by atomic mass is 10.2. The Kier molecular flexibility index (Phi) is 5.32. The number of thioether (sulfide) groups is 1. The van der Waals surface area contributed by atoms with Crippen molar-refractivity contribution in [3.05, 3.63) is 59.1 Å². The second-order valence-electron chi connectivity index (χ2n) is 4.12. The van der Waals surface area contributed by atoms with Crippen molar-refractivity contribution in [2.24, 2.45) is 5.73 Å². The molecule has 0 aromatic heterocycles. The van der Waals surface area contributed by atoms with Crippen LogP contribution < -0.4 is 10.5 Å². The molecule has 104 valence electrons. The first-order valence-corrected chi connectivity index (χ1v) is 7.56. The summed E-state index contributed by atoms with van der Waals surface area (Å²) >= 11 is 7.31. The second-order valence-corrected chi connectivity index (χ2v) is 5.54. The molecule has 0 atom stereocenters. The third kappa shape index (κ3) is 4.47. The fraction of sp³-hybridized carbons (Fsp3) is 0.133. The highest BCUT2D eigenvalue weighted by Gasteiger charge is 2.05. The minimum atomic E-state index is -0.314. The predicted octanol–water partition coefficient (Wildman–Crippen LogP) is 3.85. The molecule has 2 N–H and O–H groups in total. The number of nitrogens with two attached hydrogens (primary N) is 1. The standard InChI is InChI=1S/C15H14ClNO2S/c16-12-5-7-13(8-6-12)19-14-4-2-1-3-11(14)9-20-10-15(17)18/h1-8H,9-10H2,(H2,17,18). The minimum absolute atomic E-state index is 0.301. The summed E-state index contributed by atoms with van der Waals surface area (Å²) in [6.07, 6.45) is 0. The SMILES string of the molecule is NC(=O)CSCc1ccccc1Oc1ccc(Cl)cc1. The highest BCUT2D eigenvalue weighted by molar-refractivity contribution is 7.99. The van der Waals surface area contributed by atoms with Gasteiger partial charge in [0.05, 0.1) is 5.75 Å². The summed E-state index contributed by atoms with van der Waals surface area (Å²) in [5.41, 5.74) is 6.15. The zero-order chi connectivity index (χ0) is 14.4. The quantitative estimate of drug-likeness (QED) is 0.882. The number of hydrogen-bond donors (Lipinski definition) is 1. The van der Waals surface area contributed by atoms with Crippen molar-refractivity contribution >= 4 is 29.3 Å². The zero-order valence-corrected chi connectivity index (χ0v) is 12.3. The van der Waals surface area contributed by atoms with Crippen molar-refractivity contribution in [1.29, 1.82) is 0 Å². The van der Waals surface area contributed by atoms with Gasteiger partial charge in [0.2, 0.25) is 5.91 Å². The molecule has 0 saturated heterocycles. The number of amides is 1. The summed E-state index contributed by atoms with van der Waals surface area (Å²) in [6.45, 7) is 0. The van der Waals surface area contributed by atoms with Crippen LogP contribution >= 0.6 is 23.4 Å². The molecule has 5 heteroatoms.